The summed E-state index contributed by atoms with van der Waals surface area (Å²) in [6.07, 6.45) is 1.52. The zero-order valence-electron chi connectivity index (χ0n) is 14.4. The number of hydrogen-bond donors (Lipinski definition) is 2. The number of carbonyl (C=O) groups is 1. The number of hydrogen-bond acceptors (Lipinski definition) is 7. The molecule has 2 heterocycles. The maximum absolute atomic E-state index is 12.5. The molecule has 24 heavy (non-hydrogen) atoms. The Labute approximate surface area is 141 Å². The van der Waals surface area contributed by atoms with Gasteiger partial charge in [-0.1, -0.05) is 0 Å². The number of carbonyl (C=O) groups excluding carboxylic acids is 1. The first-order chi connectivity index (χ1) is 11.5. The van der Waals surface area contributed by atoms with Gasteiger partial charge in [0.15, 0.2) is 0 Å². The SMILES string of the molecule is COCCC[C@@]1(CO)CN(C(=O)CCn2nnnc2C)CC[C@H]1O. The second-order valence-electron chi connectivity index (χ2n) is 6.44. The van der Waals surface area contributed by atoms with Gasteiger partial charge in [-0.3, -0.25) is 4.79 Å². The molecule has 136 valence electrons. The number of aliphatic hydroxyl groups is 2. The van der Waals surface area contributed by atoms with Crippen LogP contribution in [0.4, 0.5) is 0 Å². The number of piperidine rings is 1. The zero-order valence-corrected chi connectivity index (χ0v) is 14.4. The number of nitrogens with zero attached hydrogens (tertiary/aromatic N) is 5. The maximum Gasteiger partial charge on any atom is 0.224 e. The van der Waals surface area contributed by atoms with Crippen LogP contribution in [-0.2, 0) is 16.1 Å². The first kappa shape index (κ1) is 18.8. The highest BCUT2D eigenvalue weighted by molar-refractivity contribution is 5.76. The third kappa shape index (κ3) is 4.28. The number of tetrazole rings is 1. The minimum atomic E-state index is -0.669. The van der Waals surface area contributed by atoms with Gasteiger partial charge >= 0.3 is 0 Å². The summed E-state index contributed by atoms with van der Waals surface area (Å²) < 4.78 is 6.65. The molecule has 0 aliphatic carbocycles. The lowest BCUT2D eigenvalue weighted by Crippen LogP contribution is -2.55. The van der Waals surface area contributed by atoms with Crippen molar-refractivity contribution in [1.82, 2.24) is 25.1 Å². The first-order valence-electron chi connectivity index (χ1n) is 8.31. The number of likely N-dealkylation sites (tertiary alicyclic amines) is 1. The van der Waals surface area contributed by atoms with E-state index in [1.165, 1.54) is 0 Å². The van der Waals surface area contributed by atoms with E-state index in [-0.39, 0.29) is 12.5 Å². The molecule has 2 rings (SSSR count). The van der Waals surface area contributed by atoms with E-state index in [2.05, 4.69) is 15.5 Å². The molecule has 1 fully saturated rings. The normalized spacial score (nSPS) is 24.3. The number of aliphatic hydroxyl groups excluding tert-OH is 2. The van der Waals surface area contributed by atoms with Gasteiger partial charge < -0.3 is 19.8 Å². The third-order valence-electron chi connectivity index (χ3n) is 4.82. The molecule has 0 unspecified atom stereocenters. The summed E-state index contributed by atoms with van der Waals surface area (Å²) in [4.78, 5) is 14.2. The van der Waals surface area contributed by atoms with Gasteiger partial charge in [-0.25, -0.2) is 4.68 Å². The Morgan fingerprint density at radius 2 is 2.29 bits per heavy atom. The molecule has 1 saturated heterocycles. The van der Waals surface area contributed by atoms with Gasteiger partial charge in [0.05, 0.1) is 19.3 Å². The fraction of sp³-hybridized carbons (Fsp3) is 0.867. The van der Waals surface area contributed by atoms with E-state index >= 15 is 0 Å². The van der Waals surface area contributed by atoms with Gasteiger partial charge in [0.25, 0.3) is 0 Å². The largest absolute Gasteiger partial charge is 0.396 e. The zero-order chi connectivity index (χ0) is 17.6. The van der Waals surface area contributed by atoms with Crippen LogP contribution in [-0.4, -0.2) is 80.7 Å². The Balaban J connectivity index is 1.94. The smallest absolute Gasteiger partial charge is 0.224 e. The predicted molar refractivity (Wildman–Crippen MR) is 85.0 cm³/mol. The van der Waals surface area contributed by atoms with Gasteiger partial charge in [0.1, 0.15) is 5.82 Å². The molecule has 0 aromatic carbocycles. The molecule has 9 heteroatoms. The Bertz CT molecular complexity index is 538. The molecular formula is C15H27N5O4. The van der Waals surface area contributed by atoms with Crippen LogP contribution < -0.4 is 0 Å². The standard InChI is InChI=1S/C15H27N5O4/c1-12-16-17-18-20(12)8-5-14(23)19-7-4-13(22)15(10-19,11-21)6-3-9-24-2/h13,21-22H,3-11H2,1-2H3/t13-,15+/m1/s1. The van der Waals surface area contributed by atoms with E-state index < -0.39 is 11.5 Å². The Hall–Kier alpha value is -1.58. The lowest BCUT2D eigenvalue weighted by Gasteiger charge is -2.45. The van der Waals surface area contributed by atoms with E-state index in [0.717, 1.165) is 6.42 Å². The summed E-state index contributed by atoms with van der Waals surface area (Å²) >= 11 is 0. The molecule has 1 aromatic heterocycles. The van der Waals surface area contributed by atoms with Gasteiger partial charge in [-0.05, 0) is 36.6 Å². The van der Waals surface area contributed by atoms with Crippen molar-refractivity contribution in [1.29, 1.82) is 0 Å². The predicted octanol–water partition coefficient (Wildman–Crippen LogP) is -0.630. The maximum atomic E-state index is 12.5. The topological polar surface area (TPSA) is 114 Å². The minimum absolute atomic E-state index is 0.0126. The van der Waals surface area contributed by atoms with Crippen molar-refractivity contribution >= 4 is 5.91 Å². The number of aryl methyl sites for hydroxylation is 2. The van der Waals surface area contributed by atoms with Crippen LogP contribution in [0.2, 0.25) is 0 Å². The highest BCUT2D eigenvalue weighted by Crippen LogP contribution is 2.35. The van der Waals surface area contributed by atoms with E-state index in [9.17, 15) is 15.0 Å². The highest BCUT2D eigenvalue weighted by Gasteiger charge is 2.43. The molecule has 2 atom stereocenters. The number of amides is 1. The lowest BCUT2D eigenvalue weighted by atomic mass is 9.74. The van der Waals surface area contributed by atoms with Gasteiger partial charge in [-0.15, -0.1) is 5.10 Å². The van der Waals surface area contributed by atoms with Crippen molar-refractivity contribution in [3.8, 4) is 0 Å². The number of methoxy groups -OCH3 is 1. The molecule has 0 radical (unpaired) electrons. The van der Waals surface area contributed by atoms with Crippen LogP contribution in [0, 0.1) is 12.3 Å². The molecular weight excluding hydrogens is 314 g/mol. The van der Waals surface area contributed by atoms with Crippen molar-refractivity contribution in [2.75, 3.05) is 33.4 Å². The van der Waals surface area contributed by atoms with Crippen LogP contribution in [0.25, 0.3) is 0 Å². The number of ether oxygens (including phenoxy) is 1. The first-order valence-corrected chi connectivity index (χ1v) is 8.31. The lowest BCUT2D eigenvalue weighted by molar-refractivity contribution is -0.143. The molecule has 1 aromatic rings. The van der Waals surface area contributed by atoms with E-state index in [1.807, 2.05) is 0 Å². The summed E-state index contributed by atoms with van der Waals surface area (Å²) in [5.74, 6) is 0.655. The van der Waals surface area contributed by atoms with Gasteiger partial charge in [0, 0.05) is 38.6 Å². The fourth-order valence-electron chi connectivity index (χ4n) is 3.23. The second kappa shape index (κ2) is 8.50. The molecule has 0 saturated carbocycles. The van der Waals surface area contributed by atoms with Crippen molar-refractivity contribution in [3.63, 3.8) is 0 Å². The van der Waals surface area contributed by atoms with Crippen molar-refractivity contribution in [2.45, 2.75) is 45.3 Å². The second-order valence-corrected chi connectivity index (χ2v) is 6.44. The van der Waals surface area contributed by atoms with E-state index in [4.69, 9.17) is 4.74 Å². The number of aromatic nitrogens is 4. The summed E-state index contributed by atoms with van der Waals surface area (Å²) in [6.45, 7) is 3.50. The van der Waals surface area contributed by atoms with Crippen LogP contribution in [0.3, 0.4) is 0 Å². The summed E-state index contributed by atoms with van der Waals surface area (Å²) in [7, 11) is 1.62. The van der Waals surface area contributed by atoms with Crippen molar-refractivity contribution in [3.05, 3.63) is 5.82 Å². The Morgan fingerprint density at radius 3 is 2.92 bits per heavy atom. The summed E-state index contributed by atoms with van der Waals surface area (Å²) in [5, 5.41) is 31.4. The summed E-state index contributed by atoms with van der Waals surface area (Å²) in [5.41, 5.74) is -0.669. The average Bonchev–Trinajstić information content (AvgIpc) is 2.99. The quantitative estimate of drug-likeness (QED) is 0.605. The van der Waals surface area contributed by atoms with Crippen molar-refractivity contribution in [2.24, 2.45) is 5.41 Å². The highest BCUT2D eigenvalue weighted by atomic mass is 16.5. The van der Waals surface area contributed by atoms with E-state index in [0.29, 0.717) is 51.3 Å². The Kier molecular flexibility index (Phi) is 6.64. The number of rotatable bonds is 8. The molecule has 9 nitrogen and oxygen atoms in total. The molecule has 1 amide bonds. The molecule has 2 N–H and O–H groups in total. The minimum Gasteiger partial charge on any atom is -0.396 e. The Morgan fingerprint density at radius 1 is 1.50 bits per heavy atom. The van der Waals surface area contributed by atoms with Crippen LogP contribution in [0.1, 0.15) is 31.5 Å². The monoisotopic (exact) mass is 341 g/mol. The molecule has 1 aliphatic rings. The fourth-order valence-corrected chi connectivity index (χ4v) is 3.23. The molecule has 0 spiro atoms. The van der Waals surface area contributed by atoms with Crippen LogP contribution in [0.5, 0.6) is 0 Å². The molecule has 1 aliphatic heterocycles. The van der Waals surface area contributed by atoms with Crippen LogP contribution in [0.15, 0.2) is 0 Å². The summed E-state index contributed by atoms with van der Waals surface area (Å²) in [6, 6.07) is 0. The van der Waals surface area contributed by atoms with Gasteiger partial charge in [0.2, 0.25) is 5.91 Å². The third-order valence-corrected chi connectivity index (χ3v) is 4.82. The van der Waals surface area contributed by atoms with Crippen LogP contribution >= 0.6 is 0 Å². The van der Waals surface area contributed by atoms with Gasteiger partial charge in [-0.2, -0.15) is 0 Å². The van der Waals surface area contributed by atoms with E-state index in [1.54, 1.807) is 23.6 Å². The average molecular weight is 341 g/mol. The molecule has 0 bridgehead atoms. The van der Waals surface area contributed by atoms with Crippen molar-refractivity contribution < 1.29 is 19.7 Å².